The first-order valence-electron chi connectivity index (χ1n) is 7.83. The van der Waals surface area contributed by atoms with Gasteiger partial charge in [-0.3, -0.25) is 0 Å². The molecular formula is C15H27NO3. The van der Waals surface area contributed by atoms with Crippen LogP contribution in [0.25, 0.3) is 0 Å². The van der Waals surface area contributed by atoms with Crippen LogP contribution in [-0.2, 0) is 9.53 Å². The van der Waals surface area contributed by atoms with Crippen molar-refractivity contribution in [2.45, 2.75) is 63.4 Å². The smallest absolute Gasteiger partial charge is 0.338 e. The molecule has 0 spiro atoms. The first-order chi connectivity index (χ1) is 9.21. The summed E-state index contributed by atoms with van der Waals surface area (Å²) in [6, 6.07) is 0. The standard InChI is InChI=1S/C15H27NO3/c17-14(15(18)8-3-1-2-4-9-15)19-13-7-12-16-10-5-6-11-16/h18H,1-13H2. The third-order valence-electron chi connectivity index (χ3n) is 4.36. The van der Waals surface area contributed by atoms with Gasteiger partial charge >= 0.3 is 5.97 Å². The van der Waals surface area contributed by atoms with E-state index in [1.807, 2.05) is 0 Å². The van der Waals surface area contributed by atoms with E-state index in [-0.39, 0.29) is 0 Å². The van der Waals surface area contributed by atoms with Crippen molar-refractivity contribution in [3.63, 3.8) is 0 Å². The van der Waals surface area contributed by atoms with Crippen LogP contribution < -0.4 is 0 Å². The summed E-state index contributed by atoms with van der Waals surface area (Å²) in [4.78, 5) is 14.4. The van der Waals surface area contributed by atoms with Gasteiger partial charge in [-0.1, -0.05) is 12.8 Å². The highest BCUT2D eigenvalue weighted by atomic mass is 16.5. The summed E-state index contributed by atoms with van der Waals surface area (Å²) >= 11 is 0. The van der Waals surface area contributed by atoms with E-state index < -0.39 is 11.6 Å². The maximum Gasteiger partial charge on any atom is 0.338 e. The number of rotatable bonds is 5. The van der Waals surface area contributed by atoms with E-state index in [9.17, 15) is 9.90 Å². The van der Waals surface area contributed by atoms with Crippen LogP contribution in [0.4, 0.5) is 0 Å². The number of hydrogen-bond donors (Lipinski definition) is 1. The summed E-state index contributed by atoms with van der Waals surface area (Å²) in [5.74, 6) is -0.393. The van der Waals surface area contributed by atoms with Gasteiger partial charge in [-0.25, -0.2) is 4.79 Å². The molecule has 1 heterocycles. The lowest BCUT2D eigenvalue weighted by atomic mass is 9.95. The number of esters is 1. The average molecular weight is 269 g/mol. The van der Waals surface area contributed by atoms with E-state index in [2.05, 4.69) is 4.90 Å². The molecule has 4 nitrogen and oxygen atoms in total. The lowest BCUT2D eigenvalue weighted by Gasteiger charge is -2.24. The number of hydrogen-bond acceptors (Lipinski definition) is 4. The Hall–Kier alpha value is -0.610. The first kappa shape index (κ1) is 14.8. The van der Waals surface area contributed by atoms with Crippen molar-refractivity contribution in [1.29, 1.82) is 0 Å². The summed E-state index contributed by atoms with van der Waals surface area (Å²) in [5, 5.41) is 10.3. The summed E-state index contributed by atoms with van der Waals surface area (Å²) in [6.45, 7) is 3.80. The molecule has 1 aliphatic heterocycles. The van der Waals surface area contributed by atoms with Crippen LogP contribution in [0.3, 0.4) is 0 Å². The number of carbonyl (C=O) groups excluding carboxylic acids is 1. The Morgan fingerprint density at radius 1 is 1.05 bits per heavy atom. The van der Waals surface area contributed by atoms with E-state index in [1.165, 1.54) is 25.9 Å². The van der Waals surface area contributed by atoms with Gasteiger partial charge in [0.2, 0.25) is 0 Å². The topological polar surface area (TPSA) is 49.8 Å². The van der Waals surface area contributed by atoms with Crippen LogP contribution in [0.2, 0.25) is 0 Å². The Balaban J connectivity index is 1.64. The Labute approximate surface area is 116 Å². The van der Waals surface area contributed by atoms with Crippen LogP contribution in [-0.4, -0.2) is 47.8 Å². The zero-order valence-electron chi connectivity index (χ0n) is 11.9. The van der Waals surface area contributed by atoms with Crippen molar-refractivity contribution in [2.75, 3.05) is 26.2 Å². The molecule has 1 N–H and O–H groups in total. The Morgan fingerprint density at radius 3 is 2.32 bits per heavy atom. The Kier molecular flexibility index (Phi) is 5.64. The minimum absolute atomic E-state index is 0.393. The molecule has 0 unspecified atom stereocenters. The molecule has 0 bridgehead atoms. The summed E-state index contributed by atoms with van der Waals surface area (Å²) < 4.78 is 5.28. The van der Waals surface area contributed by atoms with Crippen LogP contribution in [0, 0.1) is 0 Å². The molecule has 19 heavy (non-hydrogen) atoms. The molecule has 2 aliphatic rings. The van der Waals surface area contributed by atoms with E-state index in [0.717, 1.165) is 38.6 Å². The fraction of sp³-hybridized carbons (Fsp3) is 0.933. The molecule has 2 fully saturated rings. The zero-order chi connectivity index (χ0) is 13.6. The third kappa shape index (κ3) is 4.46. The fourth-order valence-corrected chi connectivity index (χ4v) is 3.11. The van der Waals surface area contributed by atoms with Crippen molar-refractivity contribution in [2.24, 2.45) is 0 Å². The van der Waals surface area contributed by atoms with E-state index in [0.29, 0.717) is 19.4 Å². The van der Waals surface area contributed by atoms with E-state index in [1.54, 1.807) is 0 Å². The highest BCUT2D eigenvalue weighted by Crippen LogP contribution is 2.28. The molecule has 1 aliphatic carbocycles. The van der Waals surface area contributed by atoms with Gasteiger partial charge in [0.25, 0.3) is 0 Å². The van der Waals surface area contributed by atoms with Gasteiger partial charge in [-0.2, -0.15) is 0 Å². The zero-order valence-corrected chi connectivity index (χ0v) is 11.9. The van der Waals surface area contributed by atoms with Crippen molar-refractivity contribution in [3.8, 4) is 0 Å². The molecule has 0 aromatic heterocycles. The molecule has 1 saturated heterocycles. The maximum absolute atomic E-state index is 12.0. The maximum atomic E-state index is 12.0. The predicted molar refractivity (Wildman–Crippen MR) is 73.9 cm³/mol. The second kappa shape index (κ2) is 7.25. The fourth-order valence-electron chi connectivity index (χ4n) is 3.11. The van der Waals surface area contributed by atoms with Crippen molar-refractivity contribution in [1.82, 2.24) is 4.90 Å². The number of ether oxygens (including phenoxy) is 1. The van der Waals surface area contributed by atoms with Crippen LogP contribution >= 0.6 is 0 Å². The number of nitrogens with zero attached hydrogens (tertiary/aromatic N) is 1. The molecule has 0 amide bonds. The van der Waals surface area contributed by atoms with E-state index >= 15 is 0 Å². The molecule has 4 heteroatoms. The van der Waals surface area contributed by atoms with Gasteiger partial charge in [0, 0.05) is 6.54 Å². The molecular weight excluding hydrogens is 242 g/mol. The highest BCUT2D eigenvalue weighted by Gasteiger charge is 2.37. The van der Waals surface area contributed by atoms with Crippen molar-refractivity contribution in [3.05, 3.63) is 0 Å². The number of aliphatic hydroxyl groups is 1. The van der Waals surface area contributed by atoms with Crippen LogP contribution in [0.1, 0.15) is 57.8 Å². The molecule has 0 radical (unpaired) electrons. The lowest BCUT2D eigenvalue weighted by Crippen LogP contribution is -2.40. The molecule has 110 valence electrons. The molecule has 0 aromatic rings. The first-order valence-corrected chi connectivity index (χ1v) is 7.83. The Bertz CT molecular complexity index is 279. The summed E-state index contributed by atoms with van der Waals surface area (Å²) in [6.07, 6.45) is 8.69. The van der Waals surface area contributed by atoms with Crippen LogP contribution in [0.15, 0.2) is 0 Å². The Morgan fingerprint density at radius 2 is 1.68 bits per heavy atom. The molecule has 2 rings (SSSR count). The van der Waals surface area contributed by atoms with Gasteiger partial charge in [-0.05, 0) is 58.0 Å². The molecule has 1 saturated carbocycles. The quantitative estimate of drug-likeness (QED) is 0.472. The van der Waals surface area contributed by atoms with Gasteiger partial charge in [0.15, 0.2) is 5.60 Å². The minimum Gasteiger partial charge on any atom is -0.464 e. The number of carbonyl (C=O) groups is 1. The van der Waals surface area contributed by atoms with Crippen molar-refractivity contribution >= 4 is 5.97 Å². The van der Waals surface area contributed by atoms with Gasteiger partial charge in [-0.15, -0.1) is 0 Å². The summed E-state index contributed by atoms with van der Waals surface area (Å²) in [5.41, 5.74) is -1.20. The predicted octanol–water partition coefficient (Wildman–Crippen LogP) is 2.10. The normalized spacial score (nSPS) is 24.1. The van der Waals surface area contributed by atoms with Crippen molar-refractivity contribution < 1.29 is 14.6 Å². The third-order valence-corrected chi connectivity index (χ3v) is 4.36. The molecule has 0 atom stereocenters. The van der Waals surface area contributed by atoms with Gasteiger partial charge in [0.05, 0.1) is 6.61 Å². The number of likely N-dealkylation sites (tertiary alicyclic amines) is 1. The van der Waals surface area contributed by atoms with E-state index in [4.69, 9.17) is 4.74 Å². The van der Waals surface area contributed by atoms with Gasteiger partial charge in [0.1, 0.15) is 0 Å². The second-order valence-electron chi connectivity index (χ2n) is 5.98. The second-order valence-corrected chi connectivity index (χ2v) is 5.98. The average Bonchev–Trinajstić information content (AvgIpc) is 2.82. The largest absolute Gasteiger partial charge is 0.464 e. The lowest BCUT2D eigenvalue weighted by molar-refractivity contribution is -0.167. The van der Waals surface area contributed by atoms with Gasteiger partial charge < -0.3 is 14.7 Å². The summed E-state index contributed by atoms with van der Waals surface area (Å²) in [7, 11) is 0. The van der Waals surface area contributed by atoms with Crippen LogP contribution in [0.5, 0.6) is 0 Å². The SMILES string of the molecule is O=C(OCCCN1CCCC1)C1(O)CCCCCC1. The monoisotopic (exact) mass is 269 g/mol. The molecule has 0 aromatic carbocycles. The highest BCUT2D eigenvalue weighted by molar-refractivity contribution is 5.79. The minimum atomic E-state index is -1.20.